The van der Waals surface area contributed by atoms with Crippen LogP contribution < -0.4 is 10.6 Å². The molecule has 150 valence electrons. The second-order valence-electron chi connectivity index (χ2n) is 6.91. The van der Waals surface area contributed by atoms with Crippen LogP contribution in [0.15, 0.2) is 48.8 Å². The maximum Gasteiger partial charge on any atom is 0.411 e. The summed E-state index contributed by atoms with van der Waals surface area (Å²) in [6.07, 6.45) is 0.961. The van der Waals surface area contributed by atoms with Crippen LogP contribution in [0.3, 0.4) is 0 Å². The van der Waals surface area contributed by atoms with Crippen molar-refractivity contribution in [3.63, 3.8) is 0 Å². The summed E-state index contributed by atoms with van der Waals surface area (Å²) >= 11 is 0. The number of aromatic nitrogens is 4. The van der Waals surface area contributed by atoms with Crippen LogP contribution in [0.25, 0.3) is 5.69 Å². The first-order valence-electron chi connectivity index (χ1n) is 9.11. The Bertz CT molecular complexity index is 1000. The monoisotopic (exact) mass is 394 g/mol. The number of nitrogens with zero attached hydrogens (tertiary/aromatic N) is 4. The fraction of sp³-hybridized carbons (Fsp3) is 0.250. The molecule has 0 saturated carbocycles. The first-order chi connectivity index (χ1) is 13.9. The minimum Gasteiger partial charge on any atom is -0.449 e. The van der Waals surface area contributed by atoms with E-state index >= 15 is 0 Å². The van der Waals surface area contributed by atoms with Crippen molar-refractivity contribution < 1.29 is 14.3 Å². The molecule has 3 aromatic rings. The smallest absolute Gasteiger partial charge is 0.411 e. The number of carbonyl (C=O) groups excluding carboxylic acids is 2. The number of hydrogen-bond donors (Lipinski definition) is 2. The summed E-state index contributed by atoms with van der Waals surface area (Å²) in [7, 11) is 0. The van der Waals surface area contributed by atoms with E-state index in [0.717, 1.165) is 11.3 Å². The third-order valence-electron chi connectivity index (χ3n) is 3.97. The highest BCUT2D eigenvalue weighted by Gasteiger charge is 2.11. The third kappa shape index (κ3) is 5.38. The van der Waals surface area contributed by atoms with Gasteiger partial charge in [-0.15, -0.1) is 5.10 Å². The van der Waals surface area contributed by atoms with Crippen molar-refractivity contribution in [1.82, 2.24) is 20.2 Å². The third-order valence-corrected chi connectivity index (χ3v) is 3.97. The lowest BCUT2D eigenvalue weighted by molar-refractivity contribution is 0.102. The van der Waals surface area contributed by atoms with Gasteiger partial charge in [0.05, 0.1) is 12.3 Å². The Balaban J connectivity index is 1.66. The maximum absolute atomic E-state index is 12.6. The summed E-state index contributed by atoms with van der Waals surface area (Å²) in [6.45, 7) is 6.13. The lowest BCUT2D eigenvalue weighted by atomic mass is 10.1. The molecule has 9 heteroatoms. The Kier molecular flexibility index (Phi) is 6.18. The molecule has 0 aliphatic carbocycles. The van der Waals surface area contributed by atoms with Gasteiger partial charge in [-0.05, 0) is 65.2 Å². The van der Waals surface area contributed by atoms with Gasteiger partial charge in [-0.2, -0.15) is 0 Å². The minimum absolute atomic E-state index is 0.252. The zero-order valence-corrected chi connectivity index (χ0v) is 16.4. The molecule has 0 aliphatic heterocycles. The van der Waals surface area contributed by atoms with E-state index in [1.165, 1.54) is 11.0 Å². The van der Waals surface area contributed by atoms with Crippen molar-refractivity contribution in [3.05, 3.63) is 59.9 Å². The van der Waals surface area contributed by atoms with Gasteiger partial charge in [0.15, 0.2) is 0 Å². The van der Waals surface area contributed by atoms with Crippen LogP contribution in [-0.2, 0) is 4.74 Å². The number of hydrogen-bond acceptors (Lipinski definition) is 6. The summed E-state index contributed by atoms with van der Waals surface area (Å²) in [5, 5.41) is 16.6. The highest BCUT2D eigenvalue weighted by Crippen LogP contribution is 2.19. The van der Waals surface area contributed by atoms with Crippen molar-refractivity contribution in [3.8, 4) is 5.69 Å². The Labute approximate surface area is 168 Å². The number of rotatable bonds is 6. The van der Waals surface area contributed by atoms with E-state index in [2.05, 4.69) is 26.2 Å². The first kappa shape index (κ1) is 20.0. The first-order valence-corrected chi connectivity index (χ1v) is 9.11. The molecule has 0 radical (unpaired) electrons. The molecule has 0 spiro atoms. The molecule has 0 unspecified atom stereocenters. The van der Waals surface area contributed by atoms with Gasteiger partial charge in [0, 0.05) is 16.9 Å². The molecule has 1 heterocycles. The molecule has 9 nitrogen and oxygen atoms in total. The second-order valence-corrected chi connectivity index (χ2v) is 6.91. The molecular formula is C20H22N6O3. The largest absolute Gasteiger partial charge is 0.449 e. The molecule has 3 rings (SSSR count). The fourth-order valence-electron chi connectivity index (χ4n) is 2.60. The van der Waals surface area contributed by atoms with E-state index < -0.39 is 6.09 Å². The molecule has 0 bridgehead atoms. The molecular weight excluding hydrogens is 372 g/mol. The quantitative estimate of drug-likeness (QED) is 0.663. The van der Waals surface area contributed by atoms with Gasteiger partial charge in [0.2, 0.25) is 0 Å². The predicted molar refractivity (Wildman–Crippen MR) is 108 cm³/mol. The van der Waals surface area contributed by atoms with E-state index in [0.29, 0.717) is 23.5 Å². The zero-order chi connectivity index (χ0) is 20.8. The Morgan fingerprint density at radius 2 is 1.86 bits per heavy atom. The summed E-state index contributed by atoms with van der Waals surface area (Å²) in [6, 6.07) is 12.1. The standard InChI is InChI=1S/C20H22N6O3/c1-13(2)11-29-20(28)23-17-6-4-5-16(10-17)22-19(27)15-7-8-18(14(3)9-15)26-12-21-24-25-26/h4-10,12-13H,11H2,1-3H3,(H,22,27)(H,23,28). The SMILES string of the molecule is Cc1cc(C(=O)Nc2cccc(NC(=O)OCC(C)C)c2)ccc1-n1cnnn1. The Morgan fingerprint density at radius 1 is 1.10 bits per heavy atom. The average Bonchev–Trinajstić information content (AvgIpc) is 3.21. The topological polar surface area (TPSA) is 111 Å². The van der Waals surface area contributed by atoms with Crippen molar-refractivity contribution in [2.75, 3.05) is 17.2 Å². The van der Waals surface area contributed by atoms with Gasteiger partial charge >= 0.3 is 6.09 Å². The van der Waals surface area contributed by atoms with E-state index in [4.69, 9.17) is 4.74 Å². The predicted octanol–water partition coefficient (Wildman–Crippen LogP) is 3.43. The maximum atomic E-state index is 12.6. The van der Waals surface area contributed by atoms with Gasteiger partial charge in [-0.3, -0.25) is 10.1 Å². The molecule has 2 aromatic carbocycles. The fourth-order valence-corrected chi connectivity index (χ4v) is 2.60. The van der Waals surface area contributed by atoms with Crippen LogP contribution >= 0.6 is 0 Å². The number of carbonyl (C=O) groups is 2. The molecule has 0 atom stereocenters. The van der Waals surface area contributed by atoms with Crippen LogP contribution in [-0.4, -0.2) is 38.8 Å². The van der Waals surface area contributed by atoms with Gasteiger partial charge in [-0.25, -0.2) is 9.48 Å². The molecule has 0 aliphatic rings. The van der Waals surface area contributed by atoms with Gasteiger partial charge in [0.25, 0.3) is 5.91 Å². The van der Waals surface area contributed by atoms with Crippen LogP contribution in [0.5, 0.6) is 0 Å². The Morgan fingerprint density at radius 3 is 2.52 bits per heavy atom. The average molecular weight is 394 g/mol. The van der Waals surface area contributed by atoms with E-state index in [-0.39, 0.29) is 11.8 Å². The number of tetrazole rings is 1. The molecule has 0 saturated heterocycles. The molecule has 2 amide bonds. The number of nitrogens with one attached hydrogen (secondary N) is 2. The van der Waals surface area contributed by atoms with Crippen molar-refractivity contribution in [2.45, 2.75) is 20.8 Å². The second kappa shape index (κ2) is 8.96. The van der Waals surface area contributed by atoms with Crippen LogP contribution in [0.2, 0.25) is 0 Å². The van der Waals surface area contributed by atoms with Crippen molar-refractivity contribution in [2.24, 2.45) is 5.92 Å². The van der Waals surface area contributed by atoms with Crippen molar-refractivity contribution in [1.29, 1.82) is 0 Å². The summed E-state index contributed by atoms with van der Waals surface area (Å²) in [4.78, 5) is 24.4. The number of benzene rings is 2. The van der Waals surface area contributed by atoms with E-state index in [1.54, 1.807) is 42.5 Å². The Hall–Kier alpha value is -3.75. The van der Waals surface area contributed by atoms with Gasteiger partial charge < -0.3 is 10.1 Å². The highest BCUT2D eigenvalue weighted by molar-refractivity contribution is 6.04. The summed E-state index contributed by atoms with van der Waals surface area (Å²) in [5.74, 6) is -0.0158. The van der Waals surface area contributed by atoms with Gasteiger partial charge in [0.1, 0.15) is 6.33 Å². The molecule has 1 aromatic heterocycles. The number of anilines is 2. The van der Waals surface area contributed by atoms with Crippen molar-refractivity contribution >= 4 is 23.4 Å². The van der Waals surface area contributed by atoms with Crippen LogP contribution in [0, 0.1) is 12.8 Å². The summed E-state index contributed by atoms with van der Waals surface area (Å²) < 4.78 is 6.63. The number of ether oxygens (including phenoxy) is 1. The van der Waals surface area contributed by atoms with Crippen LogP contribution in [0.4, 0.5) is 16.2 Å². The molecule has 2 N–H and O–H groups in total. The normalized spacial score (nSPS) is 10.6. The number of aryl methyl sites for hydroxylation is 1. The molecule has 0 fully saturated rings. The lowest BCUT2D eigenvalue weighted by Gasteiger charge is -2.11. The molecule has 29 heavy (non-hydrogen) atoms. The van der Waals surface area contributed by atoms with Gasteiger partial charge in [-0.1, -0.05) is 19.9 Å². The highest BCUT2D eigenvalue weighted by atomic mass is 16.5. The summed E-state index contributed by atoms with van der Waals surface area (Å²) in [5.41, 5.74) is 3.22. The van der Waals surface area contributed by atoms with E-state index in [9.17, 15) is 9.59 Å². The minimum atomic E-state index is -0.531. The number of amides is 2. The van der Waals surface area contributed by atoms with Crippen LogP contribution in [0.1, 0.15) is 29.8 Å². The zero-order valence-electron chi connectivity index (χ0n) is 16.4. The lowest BCUT2D eigenvalue weighted by Crippen LogP contribution is -2.17. The van der Waals surface area contributed by atoms with E-state index in [1.807, 2.05) is 20.8 Å².